The van der Waals surface area contributed by atoms with Crippen molar-refractivity contribution in [3.8, 4) is 0 Å². The highest BCUT2D eigenvalue weighted by Crippen LogP contribution is 2.63. The maximum atomic E-state index is 11.7. The van der Waals surface area contributed by atoms with Gasteiger partial charge in [-0.1, -0.05) is 27.4 Å². The number of allylic oxidation sites excluding steroid dienone is 1. The maximum absolute atomic E-state index is 11.7. The molecule has 0 aromatic rings. The van der Waals surface area contributed by atoms with E-state index in [9.17, 15) is 4.79 Å². The molecular weight excluding hydrogens is 200 g/mol. The van der Waals surface area contributed by atoms with E-state index >= 15 is 0 Å². The van der Waals surface area contributed by atoms with E-state index in [0.29, 0.717) is 23.2 Å². The lowest BCUT2D eigenvalue weighted by atomic mass is 9.65. The van der Waals surface area contributed by atoms with Crippen LogP contribution in [0.15, 0.2) is 12.3 Å². The summed E-state index contributed by atoms with van der Waals surface area (Å²) in [4.78, 5) is 11.7. The molecule has 0 amide bonds. The molecule has 2 saturated carbocycles. The van der Waals surface area contributed by atoms with Crippen molar-refractivity contribution < 1.29 is 9.53 Å². The molecule has 0 N–H and O–H groups in total. The largest absolute Gasteiger partial charge is 0.431 e. The first-order valence-electron chi connectivity index (χ1n) is 6.30. The third-order valence-corrected chi connectivity index (χ3v) is 4.99. The lowest BCUT2D eigenvalue weighted by Crippen LogP contribution is -2.34. The van der Waals surface area contributed by atoms with Gasteiger partial charge in [0.1, 0.15) is 5.76 Å². The molecule has 2 aliphatic carbocycles. The summed E-state index contributed by atoms with van der Waals surface area (Å²) >= 11 is 0. The summed E-state index contributed by atoms with van der Waals surface area (Å²) in [5.74, 6) is 3.14. The first kappa shape index (κ1) is 10.4. The fourth-order valence-electron chi connectivity index (χ4n) is 4.40. The SMILES string of the molecule is C=C1OC(=O)C2C3CC(C12)[C@@H](C(C)(C)C)C3. The number of cyclic esters (lactones) is 1. The van der Waals surface area contributed by atoms with E-state index in [4.69, 9.17) is 4.74 Å². The molecule has 3 aliphatic rings. The summed E-state index contributed by atoms with van der Waals surface area (Å²) in [6.45, 7) is 10.9. The van der Waals surface area contributed by atoms with Crippen molar-refractivity contribution in [1.29, 1.82) is 0 Å². The summed E-state index contributed by atoms with van der Waals surface area (Å²) < 4.78 is 5.24. The second kappa shape index (κ2) is 2.91. The van der Waals surface area contributed by atoms with Crippen LogP contribution in [0.5, 0.6) is 0 Å². The molecule has 0 aromatic carbocycles. The van der Waals surface area contributed by atoms with Crippen LogP contribution in [0.2, 0.25) is 0 Å². The van der Waals surface area contributed by atoms with Gasteiger partial charge in [0, 0.05) is 5.92 Å². The van der Waals surface area contributed by atoms with Crippen molar-refractivity contribution in [2.75, 3.05) is 0 Å². The molecule has 2 heteroatoms. The van der Waals surface area contributed by atoms with Crippen molar-refractivity contribution in [2.45, 2.75) is 33.6 Å². The van der Waals surface area contributed by atoms with Gasteiger partial charge in [0.05, 0.1) is 5.92 Å². The molecule has 1 heterocycles. The van der Waals surface area contributed by atoms with Gasteiger partial charge in [-0.15, -0.1) is 0 Å². The maximum Gasteiger partial charge on any atom is 0.315 e. The minimum atomic E-state index is -0.00476. The van der Waals surface area contributed by atoms with Crippen molar-refractivity contribution in [3.63, 3.8) is 0 Å². The van der Waals surface area contributed by atoms with Gasteiger partial charge in [-0.05, 0) is 36.0 Å². The molecular formula is C14H20O2. The number of esters is 1. The average Bonchev–Trinajstić information content (AvgIpc) is 2.76. The summed E-state index contributed by atoms with van der Waals surface area (Å²) in [6, 6.07) is 0. The Balaban J connectivity index is 1.93. The van der Waals surface area contributed by atoms with Crippen LogP contribution >= 0.6 is 0 Å². The summed E-state index contributed by atoms with van der Waals surface area (Å²) in [7, 11) is 0. The Morgan fingerprint density at radius 2 is 1.94 bits per heavy atom. The van der Waals surface area contributed by atoms with Gasteiger partial charge >= 0.3 is 5.97 Å². The van der Waals surface area contributed by atoms with Crippen molar-refractivity contribution in [3.05, 3.63) is 12.3 Å². The van der Waals surface area contributed by atoms with Crippen LogP contribution in [0.4, 0.5) is 0 Å². The first-order chi connectivity index (χ1) is 7.39. The lowest BCUT2D eigenvalue weighted by Gasteiger charge is -2.37. The molecule has 0 radical (unpaired) electrons. The fourth-order valence-corrected chi connectivity index (χ4v) is 4.40. The zero-order chi connectivity index (χ0) is 11.7. The second-order valence-electron chi connectivity index (χ2n) is 6.81. The quantitative estimate of drug-likeness (QED) is 0.587. The number of carbonyl (C=O) groups excluding carboxylic acids is 1. The number of rotatable bonds is 0. The zero-order valence-electron chi connectivity index (χ0n) is 10.3. The highest BCUT2D eigenvalue weighted by molar-refractivity contribution is 5.78. The van der Waals surface area contributed by atoms with E-state index < -0.39 is 0 Å². The minimum absolute atomic E-state index is 0.00476. The predicted molar refractivity (Wildman–Crippen MR) is 61.4 cm³/mol. The molecule has 5 atom stereocenters. The smallest absolute Gasteiger partial charge is 0.315 e. The molecule has 1 saturated heterocycles. The number of ether oxygens (including phenoxy) is 1. The van der Waals surface area contributed by atoms with Crippen molar-refractivity contribution in [2.24, 2.45) is 35.0 Å². The molecule has 16 heavy (non-hydrogen) atoms. The van der Waals surface area contributed by atoms with Crippen LogP contribution in [0.25, 0.3) is 0 Å². The van der Waals surface area contributed by atoms with Crippen molar-refractivity contribution >= 4 is 5.97 Å². The van der Waals surface area contributed by atoms with Crippen LogP contribution < -0.4 is 0 Å². The standard InChI is InChI=1S/C14H20O2/c1-7-11-9-5-8(12(11)13(15)16-7)6-10(9)14(2,3)4/h8-12H,1,5-6H2,2-4H3/t8?,9?,10-,11?,12?/m0/s1. The third kappa shape index (κ3) is 1.16. The highest BCUT2D eigenvalue weighted by Gasteiger charge is 2.62. The van der Waals surface area contributed by atoms with Gasteiger partial charge in [-0.2, -0.15) is 0 Å². The minimum Gasteiger partial charge on any atom is -0.431 e. The highest BCUT2D eigenvalue weighted by atomic mass is 16.5. The van der Waals surface area contributed by atoms with Gasteiger partial charge in [-0.25, -0.2) is 0 Å². The van der Waals surface area contributed by atoms with E-state index in [-0.39, 0.29) is 11.9 Å². The Morgan fingerprint density at radius 3 is 2.56 bits per heavy atom. The number of hydrogen-bond donors (Lipinski definition) is 0. The Kier molecular flexibility index (Phi) is 1.88. The Bertz CT molecular complexity index is 363. The molecule has 2 nitrogen and oxygen atoms in total. The van der Waals surface area contributed by atoms with Crippen LogP contribution in [0.3, 0.4) is 0 Å². The molecule has 2 bridgehead atoms. The van der Waals surface area contributed by atoms with E-state index in [0.717, 1.165) is 11.7 Å². The monoisotopic (exact) mass is 220 g/mol. The second-order valence-corrected chi connectivity index (χ2v) is 6.81. The number of hydrogen-bond acceptors (Lipinski definition) is 2. The molecule has 3 fully saturated rings. The van der Waals surface area contributed by atoms with Gasteiger partial charge in [-0.3, -0.25) is 4.79 Å². The fraction of sp³-hybridized carbons (Fsp3) is 0.786. The average molecular weight is 220 g/mol. The van der Waals surface area contributed by atoms with Crippen LogP contribution in [0, 0.1) is 35.0 Å². The van der Waals surface area contributed by atoms with Gasteiger partial charge in [0.25, 0.3) is 0 Å². The van der Waals surface area contributed by atoms with Crippen LogP contribution in [-0.2, 0) is 9.53 Å². The van der Waals surface area contributed by atoms with Gasteiger partial charge < -0.3 is 4.74 Å². The Hall–Kier alpha value is -0.790. The van der Waals surface area contributed by atoms with Gasteiger partial charge in [0.15, 0.2) is 0 Å². The molecule has 4 unspecified atom stereocenters. The topological polar surface area (TPSA) is 26.3 Å². The van der Waals surface area contributed by atoms with E-state index in [1.165, 1.54) is 12.8 Å². The van der Waals surface area contributed by atoms with Crippen LogP contribution in [-0.4, -0.2) is 5.97 Å². The third-order valence-electron chi connectivity index (χ3n) is 4.99. The Labute approximate surface area is 97.1 Å². The van der Waals surface area contributed by atoms with Crippen LogP contribution in [0.1, 0.15) is 33.6 Å². The van der Waals surface area contributed by atoms with E-state index in [2.05, 4.69) is 27.4 Å². The Morgan fingerprint density at radius 1 is 1.25 bits per heavy atom. The van der Waals surface area contributed by atoms with Gasteiger partial charge in [0.2, 0.25) is 0 Å². The normalized spacial score (nSPS) is 46.1. The summed E-state index contributed by atoms with van der Waals surface area (Å²) in [5, 5.41) is 0. The number of fused-ring (bicyclic) bond motifs is 5. The lowest BCUT2D eigenvalue weighted by molar-refractivity contribution is -0.140. The summed E-state index contributed by atoms with van der Waals surface area (Å²) in [6.07, 6.45) is 2.42. The summed E-state index contributed by atoms with van der Waals surface area (Å²) in [5.41, 5.74) is 0.344. The predicted octanol–water partition coefficient (Wildman–Crippen LogP) is 2.99. The molecule has 1 aliphatic heterocycles. The molecule has 3 rings (SSSR count). The number of carbonyl (C=O) groups is 1. The molecule has 88 valence electrons. The van der Waals surface area contributed by atoms with E-state index in [1.807, 2.05) is 0 Å². The van der Waals surface area contributed by atoms with E-state index in [1.54, 1.807) is 0 Å². The molecule has 0 aromatic heterocycles. The molecule has 0 spiro atoms. The van der Waals surface area contributed by atoms with Crippen molar-refractivity contribution in [1.82, 2.24) is 0 Å². The first-order valence-corrected chi connectivity index (χ1v) is 6.30. The zero-order valence-corrected chi connectivity index (χ0v) is 10.3.